The zero-order valence-electron chi connectivity index (χ0n) is 16.5. The molecule has 29 heavy (non-hydrogen) atoms. The van der Waals surface area contributed by atoms with Crippen molar-refractivity contribution in [1.29, 1.82) is 0 Å². The normalized spacial score (nSPS) is 13.8. The number of hydrogen-bond donors (Lipinski definition) is 1. The molecule has 7 nitrogen and oxygen atoms in total. The lowest BCUT2D eigenvalue weighted by Gasteiger charge is -2.16. The summed E-state index contributed by atoms with van der Waals surface area (Å²) in [7, 11) is 3.86. The van der Waals surface area contributed by atoms with E-state index in [9.17, 15) is 9.59 Å². The molecule has 1 amide bonds. The van der Waals surface area contributed by atoms with Crippen molar-refractivity contribution in [2.24, 2.45) is 0 Å². The lowest BCUT2D eigenvalue weighted by molar-refractivity contribution is -0.123. The average molecular weight is 419 g/mol. The van der Waals surface area contributed by atoms with Gasteiger partial charge in [0.25, 0.3) is 5.91 Å². The molecule has 1 atom stereocenters. The maximum atomic E-state index is 12.5. The molecule has 1 aliphatic heterocycles. The summed E-state index contributed by atoms with van der Waals surface area (Å²) in [5.41, 5.74) is 1.81. The van der Waals surface area contributed by atoms with Crippen LogP contribution in [-0.4, -0.2) is 45.3 Å². The van der Waals surface area contributed by atoms with Crippen LogP contribution in [0, 0.1) is 0 Å². The number of benzene rings is 2. The third-order valence-corrected chi connectivity index (χ3v) is 4.62. The number of halogens is 1. The van der Waals surface area contributed by atoms with Crippen LogP contribution in [0.5, 0.6) is 11.5 Å². The van der Waals surface area contributed by atoms with E-state index in [1.54, 1.807) is 12.1 Å². The number of esters is 1. The summed E-state index contributed by atoms with van der Waals surface area (Å²) in [6.07, 6.45) is -0.275. The Morgan fingerprint density at radius 1 is 1.14 bits per heavy atom. The molecule has 0 bridgehead atoms. The third-order valence-electron chi connectivity index (χ3n) is 4.34. The summed E-state index contributed by atoms with van der Waals surface area (Å²) in [5, 5.41) is 2.99. The number of nitrogens with one attached hydrogen (secondary N) is 1. The molecule has 0 unspecified atom stereocenters. The van der Waals surface area contributed by atoms with E-state index in [1.165, 1.54) is 19.1 Å². The summed E-state index contributed by atoms with van der Waals surface area (Å²) < 4.78 is 16.4. The topological polar surface area (TPSA) is 77.1 Å². The van der Waals surface area contributed by atoms with Gasteiger partial charge in [0.1, 0.15) is 0 Å². The molecule has 0 fully saturated rings. The van der Waals surface area contributed by atoms with Crippen molar-refractivity contribution < 1.29 is 23.8 Å². The molecule has 0 spiro atoms. The fraction of sp³-hybridized carbons (Fsp3) is 0.333. The number of amides is 1. The summed E-state index contributed by atoms with van der Waals surface area (Å²) in [4.78, 5) is 26.8. The Labute approximate surface area is 174 Å². The second-order valence-corrected chi connectivity index (χ2v) is 7.22. The Bertz CT molecular complexity index is 899. The van der Waals surface area contributed by atoms with Crippen LogP contribution in [0.2, 0.25) is 5.02 Å². The molecule has 0 saturated heterocycles. The highest BCUT2D eigenvalue weighted by Crippen LogP contribution is 2.38. The molecule has 2 aromatic rings. The molecule has 1 aliphatic rings. The van der Waals surface area contributed by atoms with Crippen LogP contribution in [0.1, 0.15) is 23.7 Å². The van der Waals surface area contributed by atoms with Gasteiger partial charge in [-0.2, -0.15) is 0 Å². The maximum absolute atomic E-state index is 12.5. The zero-order chi connectivity index (χ0) is 21.0. The molecule has 0 radical (unpaired) electrons. The average Bonchev–Trinajstić information content (AvgIpc) is 2.94. The molecular weight excluding hydrogens is 396 g/mol. The maximum Gasteiger partial charge on any atom is 0.339 e. The van der Waals surface area contributed by atoms with Gasteiger partial charge in [0, 0.05) is 31.9 Å². The van der Waals surface area contributed by atoms with Gasteiger partial charge >= 0.3 is 5.97 Å². The number of rotatable bonds is 5. The van der Waals surface area contributed by atoms with Crippen LogP contribution < -0.4 is 19.7 Å². The Morgan fingerprint density at radius 3 is 2.52 bits per heavy atom. The predicted molar refractivity (Wildman–Crippen MR) is 111 cm³/mol. The van der Waals surface area contributed by atoms with E-state index < -0.39 is 18.0 Å². The van der Waals surface area contributed by atoms with E-state index >= 15 is 0 Å². The third kappa shape index (κ3) is 5.12. The lowest BCUT2D eigenvalue weighted by atomic mass is 10.2. The van der Waals surface area contributed by atoms with E-state index in [0.717, 1.165) is 12.1 Å². The highest BCUT2D eigenvalue weighted by atomic mass is 35.5. The number of anilines is 2. The highest BCUT2D eigenvalue weighted by Gasteiger charge is 2.23. The minimum Gasteiger partial charge on any atom is -0.489 e. The first kappa shape index (κ1) is 20.8. The van der Waals surface area contributed by atoms with Gasteiger partial charge < -0.3 is 24.4 Å². The summed E-state index contributed by atoms with van der Waals surface area (Å²) in [6.45, 7) is 2.46. The molecule has 3 rings (SSSR count). The van der Waals surface area contributed by atoms with Gasteiger partial charge in [-0.05, 0) is 43.3 Å². The molecule has 0 aliphatic carbocycles. The first-order valence-corrected chi connectivity index (χ1v) is 9.61. The Hall–Kier alpha value is -2.93. The van der Waals surface area contributed by atoms with E-state index in [4.69, 9.17) is 25.8 Å². The fourth-order valence-electron chi connectivity index (χ4n) is 2.72. The number of fused-ring (bicyclic) bond motifs is 1. The van der Waals surface area contributed by atoms with Crippen molar-refractivity contribution in [2.45, 2.75) is 19.4 Å². The van der Waals surface area contributed by atoms with Gasteiger partial charge in [-0.25, -0.2) is 4.79 Å². The number of hydrogen-bond acceptors (Lipinski definition) is 6. The summed E-state index contributed by atoms with van der Waals surface area (Å²) in [5.74, 6) is -0.308. The van der Waals surface area contributed by atoms with Gasteiger partial charge in [-0.1, -0.05) is 11.6 Å². The van der Waals surface area contributed by atoms with Gasteiger partial charge in [-0.15, -0.1) is 0 Å². The quantitative estimate of drug-likeness (QED) is 0.745. The van der Waals surface area contributed by atoms with Crippen molar-refractivity contribution in [3.8, 4) is 11.5 Å². The monoisotopic (exact) mass is 418 g/mol. The van der Waals surface area contributed by atoms with Crippen molar-refractivity contribution in [3.05, 3.63) is 47.0 Å². The Kier molecular flexibility index (Phi) is 6.49. The van der Waals surface area contributed by atoms with Crippen molar-refractivity contribution in [3.63, 3.8) is 0 Å². The molecule has 2 aromatic carbocycles. The predicted octanol–water partition coefficient (Wildman–Crippen LogP) is 3.75. The SMILES string of the molecule is C[C@@H](OC(=O)c1cc(Cl)c2c(c1)OCCCO2)C(=O)Nc1ccc(N(C)C)cc1. The number of carbonyl (C=O) groups excluding carboxylic acids is 2. The Morgan fingerprint density at radius 2 is 1.83 bits per heavy atom. The summed E-state index contributed by atoms with van der Waals surface area (Å²) >= 11 is 6.21. The van der Waals surface area contributed by atoms with Crippen LogP contribution in [0.4, 0.5) is 11.4 Å². The van der Waals surface area contributed by atoms with E-state index in [2.05, 4.69) is 5.32 Å². The van der Waals surface area contributed by atoms with Gasteiger partial charge in [0.2, 0.25) is 0 Å². The molecule has 8 heteroatoms. The zero-order valence-corrected chi connectivity index (χ0v) is 17.3. The van der Waals surface area contributed by atoms with Crippen LogP contribution >= 0.6 is 11.6 Å². The van der Waals surface area contributed by atoms with Crippen molar-refractivity contribution >= 4 is 34.9 Å². The molecule has 0 aromatic heterocycles. The number of nitrogens with zero attached hydrogens (tertiary/aromatic N) is 1. The van der Waals surface area contributed by atoms with Crippen LogP contribution in [-0.2, 0) is 9.53 Å². The minimum absolute atomic E-state index is 0.189. The smallest absolute Gasteiger partial charge is 0.339 e. The molecule has 1 N–H and O–H groups in total. The first-order chi connectivity index (χ1) is 13.8. The Balaban J connectivity index is 1.64. The fourth-order valence-corrected chi connectivity index (χ4v) is 2.98. The van der Waals surface area contributed by atoms with E-state index in [-0.39, 0.29) is 10.6 Å². The molecule has 1 heterocycles. The number of ether oxygens (including phenoxy) is 3. The molecule has 0 saturated carbocycles. The second-order valence-electron chi connectivity index (χ2n) is 6.81. The van der Waals surface area contributed by atoms with Crippen LogP contribution in [0.3, 0.4) is 0 Å². The summed E-state index contributed by atoms with van der Waals surface area (Å²) in [6, 6.07) is 10.3. The molecular formula is C21H23ClN2O5. The second kappa shape index (κ2) is 9.05. The van der Waals surface area contributed by atoms with E-state index in [0.29, 0.717) is 30.4 Å². The van der Waals surface area contributed by atoms with Gasteiger partial charge in [0.15, 0.2) is 17.6 Å². The van der Waals surface area contributed by atoms with Gasteiger partial charge in [-0.3, -0.25) is 4.79 Å². The van der Waals surface area contributed by atoms with Crippen LogP contribution in [0.15, 0.2) is 36.4 Å². The highest BCUT2D eigenvalue weighted by molar-refractivity contribution is 6.32. The number of carbonyl (C=O) groups is 2. The minimum atomic E-state index is -0.995. The van der Waals surface area contributed by atoms with Gasteiger partial charge in [0.05, 0.1) is 23.8 Å². The van der Waals surface area contributed by atoms with Crippen molar-refractivity contribution in [2.75, 3.05) is 37.5 Å². The van der Waals surface area contributed by atoms with Crippen LogP contribution in [0.25, 0.3) is 0 Å². The lowest BCUT2D eigenvalue weighted by Crippen LogP contribution is -2.30. The van der Waals surface area contributed by atoms with Crippen molar-refractivity contribution in [1.82, 2.24) is 0 Å². The van der Waals surface area contributed by atoms with E-state index in [1.807, 2.05) is 31.1 Å². The standard InChI is InChI=1S/C21H23ClN2O5/c1-13(20(25)23-15-5-7-16(8-6-15)24(2)3)29-21(26)14-11-17(22)19-18(12-14)27-9-4-10-28-19/h5-8,11-13H,4,9-10H2,1-3H3,(H,23,25)/t13-/m1/s1. The largest absolute Gasteiger partial charge is 0.489 e. The molecule has 154 valence electrons. The first-order valence-electron chi connectivity index (χ1n) is 9.23.